The maximum Gasteiger partial charge on any atom is 0.341 e. The summed E-state index contributed by atoms with van der Waals surface area (Å²) >= 11 is 0. The van der Waals surface area contributed by atoms with E-state index in [-0.39, 0.29) is 30.5 Å². The second-order valence-corrected chi connectivity index (χ2v) is 9.90. The summed E-state index contributed by atoms with van der Waals surface area (Å²) in [5, 5.41) is 19.1. The van der Waals surface area contributed by atoms with Crippen LogP contribution in [0.25, 0.3) is 0 Å². The number of sulfone groups is 1. The number of carboxylic acid groups (broad SMARTS) is 1. The molecule has 2 rings (SSSR count). The second kappa shape index (κ2) is 10.2. The average molecular weight is 456 g/mol. The van der Waals surface area contributed by atoms with Gasteiger partial charge in [0, 0.05) is 5.56 Å². The average Bonchev–Trinajstić information content (AvgIpc) is 3.18. The smallest absolute Gasteiger partial charge is 0.341 e. The SMILES string of the molecule is CCCCS(=O)(=O)[C@@](N)(CNC(=O)C[C@H]1C[C@@H](c2ccc(C(=N)N)cc2)NO1)C(=O)O. The van der Waals surface area contributed by atoms with Crippen molar-refractivity contribution in [1.82, 2.24) is 10.8 Å². The van der Waals surface area contributed by atoms with E-state index >= 15 is 0 Å². The van der Waals surface area contributed by atoms with Crippen molar-refractivity contribution in [3.63, 3.8) is 0 Å². The van der Waals surface area contributed by atoms with Gasteiger partial charge in [-0.3, -0.25) is 15.0 Å². The fourth-order valence-electron chi connectivity index (χ4n) is 3.11. The van der Waals surface area contributed by atoms with Crippen LogP contribution in [0.2, 0.25) is 0 Å². The molecule has 172 valence electrons. The summed E-state index contributed by atoms with van der Waals surface area (Å²) in [5.74, 6) is -2.69. The van der Waals surface area contributed by atoms with Gasteiger partial charge in [0.2, 0.25) is 10.8 Å². The first-order valence-electron chi connectivity index (χ1n) is 9.87. The number of hydrogen-bond acceptors (Lipinski definition) is 8. The van der Waals surface area contributed by atoms with Crippen LogP contribution in [0.5, 0.6) is 0 Å². The van der Waals surface area contributed by atoms with E-state index in [2.05, 4.69) is 10.8 Å². The minimum atomic E-state index is -4.16. The number of nitrogens with two attached hydrogens (primary N) is 2. The van der Waals surface area contributed by atoms with Crippen LogP contribution in [0.1, 0.15) is 49.8 Å². The third kappa shape index (κ3) is 6.00. The number of amides is 1. The van der Waals surface area contributed by atoms with Crippen LogP contribution in [0, 0.1) is 5.41 Å². The van der Waals surface area contributed by atoms with Gasteiger partial charge in [-0.2, -0.15) is 5.48 Å². The van der Waals surface area contributed by atoms with Crippen LogP contribution < -0.4 is 22.3 Å². The number of nitrogen functional groups attached to an aromatic ring is 1. The summed E-state index contributed by atoms with van der Waals surface area (Å²) < 4.78 is 24.7. The van der Waals surface area contributed by atoms with Gasteiger partial charge in [0.05, 0.1) is 30.9 Å². The van der Waals surface area contributed by atoms with Crippen LogP contribution in [0.3, 0.4) is 0 Å². The normalized spacial score (nSPS) is 20.7. The lowest BCUT2D eigenvalue weighted by molar-refractivity contribution is -0.140. The Kier molecular flexibility index (Phi) is 8.12. The molecule has 1 aliphatic heterocycles. The van der Waals surface area contributed by atoms with E-state index < -0.39 is 39.2 Å². The monoisotopic (exact) mass is 455 g/mol. The van der Waals surface area contributed by atoms with Crippen LogP contribution in [-0.4, -0.2) is 54.5 Å². The van der Waals surface area contributed by atoms with Crippen LogP contribution in [0.15, 0.2) is 24.3 Å². The Morgan fingerprint density at radius 2 is 2.00 bits per heavy atom. The van der Waals surface area contributed by atoms with Crippen molar-refractivity contribution in [2.75, 3.05) is 12.3 Å². The maximum atomic E-state index is 12.4. The first-order valence-corrected chi connectivity index (χ1v) is 11.5. The number of hydrogen-bond donors (Lipinski definition) is 6. The molecule has 11 nitrogen and oxygen atoms in total. The van der Waals surface area contributed by atoms with Crippen molar-refractivity contribution in [3.05, 3.63) is 35.4 Å². The Morgan fingerprint density at radius 1 is 1.35 bits per heavy atom. The van der Waals surface area contributed by atoms with E-state index in [0.29, 0.717) is 18.4 Å². The zero-order valence-electron chi connectivity index (χ0n) is 17.3. The number of hydroxylamine groups is 1. The maximum absolute atomic E-state index is 12.4. The molecule has 31 heavy (non-hydrogen) atoms. The van der Waals surface area contributed by atoms with E-state index in [1.54, 1.807) is 31.2 Å². The molecule has 1 amide bonds. The number of nitrogens with one attached hydrogen (secondary N) is 3. The standard InChI is InChI=1S/C19H29N5O6S/c1-2-3-8-31(28,29)19(22,18(26)27)11-23-16(25)10-14-9-15(24-30-14)12-4-6-13(7-5-12)17(20)21/h4-7,14-15,24H,2-3,8-11,22H2,1H3,(H3,20,21)(H,23,25)(H,26,27)/t14-,15+,19+/m1/s1. The Labute approximate surface area is 180 Å². The van der Waals surface area contributed by atoms with Crippen molar-refractivity contribution in [2.24, 2.45) is 11.5 Å². The Balaban J connectivity index is 1.92. The molecule has 0 aliphatic carbocycles. The van der Waals surface area contributed by atoms with Gasteiger partial charge in [-0.15, -0.1) is 0 Å². The third-order valence-corrected chi connectivity index (χ3v) is 7.40. The Morgan fingerprint density at radius 3 is 2.55 bits per heavy atom. The molecular weight excluding hydrogens is 426 g/mol. The Bertz CT molecular complexity index is 920. The van der Waals surface area contributed by atoms with Crippen molar-refractivity contribution < 1.29 is 28.0 Å². The van der Waals surface area contributed by atoms with Gasteiger partial charge >= 0.3 is 5.97 Å². The van der Waals surface area contributed by atoms with Crippen molar-refractivity contribution in [2.45, 2.75) is 49.6 Å². The molecule has 1 aromatic carbocycles. The van der Waals surface area contributed by atoms with Gasteiger partial charge in [0.1, 0.15) is 5.84 Å². The number of carbonyl (C=O) groups is 2. The molecule has 0 aromatic heterocycles. The number of aliphatic carboxylic acids is 1. The van der Waals surface area contributed by atoms with Crippen molar-refractivity contribution in [3.8, 4) is 0 Å². The molecule has 1 aromatic rings. The highest BCUT2D eigenvalue weighted by Crippen LogP contribution is 2.27. The molecule has 1 heterocycles. The third-order valence-electron chi connectivity index (χ3n) is 5.14. The molecule has 0 unspecified atom stereocenters. The van der Waals surface area contributed by atoms with Gasteiger partial charge in [-0.05, 0) is 18.4 Å². The molecule has 3 atom stereocenters. The summed E-state index contributed by atoms with van der Waals surface area (Å²) in [6.45, 7) is 1.04. The van der Waals surface area contributed by atoms with E-state index in [1.807, 2.05) is 0 Å². The predicted molar refractivity (Wildman–Crippen MR) is 114 cm³/mol. The summed E-state index contributed by atoms with van der Waals surface area (Å²) in [6, 6.07) is 6.85. The topological polar surface area (TPSA) is 198 Å². The summed E-state index contributed by atoms with van der Waals surface area (Å²) in [4.78, 5) is 26.7. The van der Waals surface area contributed by atoms with E-state index in [4.69, 9.17) is 21.7 Å². The highest BCUT2D eigenvalue weighted by atomic mass is 32.2. The number of carbonyl (C=O) groups excluding carboxylic acids is 1. The molecule has 0 spiro atoms. The minimum absolute atomic E-state index is 0.0363. The molecule has 12 heteroatoms. The largest absolute Gasteiger partial charge is 0.479 e. The number of amidine groups is 1. The fourth-order valence-corrected chi connectivity index (χ4v) is 4.70. The lowest BCUT2D eigenvalue weighted by Crippen LogP contribution is -2.62. The van der Waals surface area contributed by atoms with Crippen LogP contribution >= 0.6 is 0 Å². The van der Waals surface area contributed by atoms with E-state index in [9.17, 15) is 23.1 Å². The van der Waals surface area contributed by atoms with Crippen molar-refractivity contribution in [1.29, 1.82) is 5.41 Å². The second-order valence-electron chi connectivity index (χ2n) is 7.53. The van der Waals surface area contributed by atoms with Crippen molar-refractivity contribution >= 4 is 27.5 Å². The molecule has 0 radical (unpaired) electrons. The molecule has 0 saturated carbocycles. The number of unbranched alkanes of at least 4 members (excludes halogenated alkanes) is 1. The lowest BCUT2D eigenvalue weighted by Gasteiger charge is -2.25. The van der Waals surface area contributed by atoms with Crippen LogP contribution in [-0.2, 0) is 24.3 Å². The fraction of sp³-hybridized carbons (Fsp3) is 0.526. The first-order chi connectivity index (χ1) is 14.5. The molecular formula is C19H29N5O6S. The highest BCUT2D eigenvalue weighted by Gasteiger charge is 2.47. The van der Waals surface area contributed by atoms with E-state index in [1.165, 1.54) is 0 Å². The zero-order chi connectivity index (χ0) is 23.2. The predicted octanol–water partition coefficient (Wildman–Crippen LogP) is -0.234. The van der Waals surface area contributed by atoms with E-state index in [0.717, 1.165) is 5.56 Å². The summed E-state index contributed by atoms with van der Waals surface area (Å²) in [5.41, 5.74) is 15.4. The Hall–Kier alpha value is -2.54. The zero-order valence-corrected chi connectivity index (χ0v) is 18.1. The highest BCUT2D eigenvalue weighted by molar-refractivity contribution is 7.93. The van der Waals surface area contributed by atoms with Gasteiger partial charge in [-0.25, -0.2) is 13.2 Å². The molecule has 1 fully saturated rings. The number of benzene rings is 1. The molecule has 8 N–H and O–H groups in total. The number of rotatable bonds is 11. The summed E-state index contributed by atoms with van der Waals surface area (Å²) in [7, 11) is -4.16. The van der Waals surface area contributed by atoms with Gasteiger partial charge < -0.3 is 21.9 Å². The molecule has 1 aliphatic rings. The number of carboxylic acids is 1. The first kappa shape index (κ1) is 24.7. The molecule has 0 bridgehead atoms. The molecule has 1 saturated heterocycles. The van der Waals surface area contributed by atoms with Gasteiger partial charge in [0.15, 0.2) is 9.84 Å². The summed E-state index contributed by atoms with van der Waals surface area (Å²) in [6.07, 6.45) is 0.713. The quantitative estimate of drug-likeness (QED) is 0.193. The van der Waals surface area contributed by atoms with Gasteiger partial charge in [-0.1, -0.05) is 37.6 Å². The lowest BCUT2D eigenvalue weighted by atomic mass is 9.99. The van der Waals surface area contributed by atoms with Crippen LogP contribution in [0.4, 0.5) is 0 Å². The van der Waals surface area contributed by atoms with Gasteiger partial charge in [0.25, 0.3) is 0 Å². The minimum Gasteiger partial charge on any atom is -0.479 e.